The zero-order chi connectivity index (χ0) is 10.9. The largest absolute Gasteiger partial charge is 0.406 e. The molecule has 7 heteroatoms. The Bertz CT molecular complexity index is 399. The second-order valence-corrected chi connectivity index (χ2v) is 3.49. The molecule has 0 bridgehead atoms. The van der Waals surface area contributed by atoms with Gasteiger partial charge in [0, 0.05) is 0 Å². The van der Waals surface area contributed by atoms with Crippen molar-refractivity contribution >= 4 is 15.9 Å². The van der Waals surface area contributed by atoms with Gasteiger partial charge in [-0.15, -0.1) is 0 Å². The number of hydrogen-bond acceptors (Lipinski definition) is 2. The minimum Gasteiger partial charge on any atom is -0.289 e. The summed E-state index contributed by atoms with van der Waals surface area (Å²) in [4.78, 5) is 14.9. The number of alkyl halides is 3. The Morgan fingerprint density at radius 3 is 2.64 bits per heavy atom. The van der Waals surface area contributed by atoms with Gasteiger partial charge in [-0.05, 0) is 22.9 Å². The van der Waals surface area contributed by atoms with E-state index in [-0.39, 0.29) is 4.47 Å². The number of hydrogen-bond donors (Lipinski definition) is 0. The number of rotatable bonds is 1. The Hall–Kier alpha value is -0.850. The normalized spacial score (nSPS) is 11.8. The lowest BCUT2D eigenvalue weighted by Gasteiger charge is -2.09. The summed E-state index contributed by atoms with van der Waals surface area (Å²) in [5.41, 5.74) is -0.358. The van der Waals surface area contributed by atoms with Crippen LogP contribution in [0, 0.1) is 6.92 Å². The molecule has 0 N–H and O–H groups in total. The van der Waals surface area contributed by atoms with Crippen molar-refractivity contribution < 1.29 is 13.2 Å². The fraction of sp³-hybridized carbons (Fsp3) is 0.429. The van der Waals surface area contributed by atoms with E-state index in [1.165, 1.54) is 6.92 Å². The van der Waals surface area contributed by atoms with E-state index in [2.05, 4.69) is 20.9 Å². The molecule has 0 aromatic carbocycles. The Morgan fingerprint density at radius 1 is 1.57 bits per heavy atom. The minimum atomic E-state index is -4.42. The third-order valence-electron chi connectivity index (χ3n) is 1.51. The van der Waals surface area contributed by atoms with Gasteiger partial charge in [-0.3, -0.25) is 9.36 Å². The van der Waals surface area contributed by atoms with Crippen LogP contribution >= 0.6 is 15.9 Å². The lowest BCUT2D eigenvalue weighted by Crippen LogP contribution is -2.29. The van der Waals surface area contributed by atoms with E-state index in [1.807, 2.05) is 0 Å². The van der Waals surface area contributed by atoms with E-state index in [0.717, 1.165) is 6.33 Å². The molecule has 0 unspecified atom stereocenters. The van der Waals surface area contributed by atoms with Crippen LogP contribution in [0.3, 0.4) is 0 Å². The summed E-state index contributed by atoms with van der Waals surface area (Å²) >= 11 is 2.87. The molecule has 0 atom stereocenters. The summed E-state index contributed by atoms with van der Waals surface area (Å²) in [6.07, 6.45) is -3.53. The van der Waals surface area contributed by atoms with Crippen LogP contribution in [0.25, 0.3) is 0 Å². The average molecular weight is 271 g/mol. The zero-order valence-corrected chi connectivity index (χ0v) is 8.68. The first kappa shape index (κ1) is 11.2. The van der Waals surface area contributed by atoms with Gasteiger partial charge < -0.3 is 0 Å². The van der Waals surface area contributed by atoms with E-state index in [0.29, 0.717) is 10.3 Å². The molecule has 0 spiro atoms. The molecule has 1 aromatic rings. The van der Waals surface area contributed by atoms with E-state index in [1.54, 1.807) is 0 Å². The molecule has 0 aliphatic carbocycles. The lowest BCUT2D eigenvalue weighted by molar-refractivity contribution is -0.141. The van der Waals surface area contributed by atoms with Crippen LogP contribution in [0.15, 0.2) is 15.6 Å². The van der Waals surface area contributed by atoms with Crippen LogP contribution in [0.1, 0.15) is 5.69 Å². The quantitative estimate of drug-likeness (QED) is 0.781. The van der Waals surface area contributed by atoms with Crippen molar-refractivity contribution in [3.8, 4) is 0 Å². The SMILES string of the molecule is Cc1ncn(CC(F)(F)F)c(=O)c1Br. The van der Waals surface area contributed by atoms with Gasteiger partial charge in [-0.2, -0.15) is 13.2 Å². The number of nitrogens with zero attached hydrogens (tertiary/aromatic N) is 2. The molecule has 3 nitrogen and oxygen atoms in total. The van der Waals surface area contributed by atoms with Crippen LogP contribution in [0.4, 0.5) is 13.2 Å². The Balaban J connectivity index is 3.13. The van der Waals surface area contributed by atoms with Gasteiger partial charge in [0.2, 0.25) is 0 Å². The van der Waals surface area contributed by atoms with Gasteiger partial charge >= 0.3 is 6.18 Å². The van der Waals surface area contributed by atoms with Crippen LogP contribution < -0.4 is 5.56 Å². The van der Waals surface area contributed by atoms with Gasteiger partial charge in [-0.25, -0.2) is 4.98 Å². The molecular formula is C7H6BrF3N2O. The Labute approximate surface area is 85.7 Å². The summed E-state index contributed by atoms with van der Waals surface area (Å²) < 4.78 is 36.4. The monoisotopic (exact) mass is 270 g/mol. The highest BCUT2D eigenvalue weighted by Gasteiger charge is 2.28. The van der Waals surface area contributed by atoms with Gasteiger partial charge in [0.25, 0.3) is 5.56 Å². The van der Waals surface area contributed by atoms with Crippen LogP contribution in [0.5, 0.6) is 0 Å². The standard InChI is InChI=1S/C7H6BrF3N2O/c1-4-5(8)6(14)13(3-12-4)2-7(9,10)11/h3H,2H2,1H3. The zero-order valence-electron chi connectivity index (χ0n) is 7.10. The molecule has 1 rings (SSSR count). The molecule has 0 fully saturated rings. The Morgan fingerprint density at radius 2 is 2.14 bits per heavy atom. The molecular weight excluding hydrogens is 265 g/mol. The number of aromatic nitrogens is 2. The van der Waals surface area contributed by atoms with Crippen LogP contribution in [-0.4, -0.2) is 15.7 Å². The van der Waals surface area contributed by atoms with E-state index in [9.17, 15) is 18.0 Å². The first-order chi connectivity index (χ1) is 6.31. The third-order valence-corrected chi connectivity index (χ3v) is 2.42. The van der Waals surface area contributed by atoms with Crippen molar-refractivity contribution in [2.45, 2.75) is 19.6 Å². The topological polar surface area (TPSA) is 34.9 Å². The smallest absolute Gasteiger partial charge is 0.289 e. The summed E-state index contributed by atoms with van der Waals surface area (Å²) in [6.45, 7) is 0.209. The van der Waals surface area contributed by atoms with Crippen molar-refractivity contribution in [3.63, 3.8) is 0 Å². The van der Waals surface area contributed by atoms with Crippen LogP contribution in [-0.2, 0) is 6.54 Å². The van der Waals surface area contributed by atoms with E-state index >= 15 is 0 Å². The molecule has 0 radical (unpaired) electrons. The predicted octanol–water partition coefficient (Wildman–Crippen LogP) is 1.88. The summed E-state index contributed by atoms with van der Waals surface area (Å²) in [7, 11) is 0. The van der Waals surface area contributed by atoms with Crippen molar-refractivity contribution in [3.05, 3.63) is 26.8 Å². The first-order valence-corrected chi connectivity index (χ1v) is 4.39. The van der Waals surface area contributed by atoms with Gasteiger partial charge in [-0.1, -0.05) is 0 Å². The van der Waals surface area contributed by atoms with Gasteiger partial charge in [0.15, 0.2) is 0 Å². The summed E-state index contributed by atoms with van der Waals surface area (Å²) in [5, 5.41) is 0. The molecule has 0 saturated carbocycles. The highest BCUT2D eigenvalue weighted by Crippen LogP contribution is 2.16. The molecule has 78 valence electrons. The van der Waals surface area contributed by atoms with E-state index in [4.69, 9.17) is 0 Å². The molecule has 14 heavy (non-hydrogen) atoms. The van der Waals surface area contributed by atoms with Crippen molar-refractivity contribution in [1.29, 1.82) is 0 Å². The third kappa shape index (κ3) is 2.57. The maximum atomic E-state index is 12.0. The highest BCUT2D eigenvalue weighted by atomic mass is 79.9. The van der Waals surface area contributed by atoms with Crippen LogP contribution in [0.2, 0.25) is 0 Å². The molecule has 1 heterocycles. The van der Waals surface area contributed by atoms with E-state index < -0.39 is 18.3 Å². The highest BCUT2D eigenvalue weighted by molar-refractivity contribution is 9.10. The molecule has 1 aromatic heterocycles. The predicted molar refractivity (Wildman–Crippen MR) is 47.0 cm³/mol. The first-order valence-electron chi connectivity index (χ1n) is 3.59. The second kappa shape index (κ2) is 3.72. The molecule has 0 aliphatic heterocycles. The Kier molecular flexibility index (Phi) is 2.98. The maximum Gasteiger partial charge on any atom is 0.406 e. The van der Waals surface area contributed by atoms with Crippen molar-refractivity contribution in [1.82, 2.24) is 9.55 Å². The fourth-order valence-electron chi connectivity index (χ4n) is 0.852. The summed E-state index contributed by atoms with van der Waals surface area (Å²) in [5.74, 6) is 0. The lowest BCUT2D eigenvalue weighted by atomic mass is 10.4. The van der Waals surface area contributed by atoms with Gasteiger partial charge in [0.1, 0.15) is 11.0 Å². The second-order valence-electron chi connectivity index (χ2n) is 2.69. The number of halogens is 4. The molecule has 0 saturated heterocycles. The number of aryl methyl sites for hydroxylation is 1. The molecule has 0 amide bonds. The fourth-order valence-corrected chi connectivity index (χ4v) is 1.18. The molecule has 0 aliphatic rings. The minimum absolute atomic E-state index is 0.0595. The van der Waals surface area contributed by atoms with Crippen molar-refractivity contribution in [2.75, 3.05) is 0 Å². The summed E-state index contributed by atoms with van der Waals surface area (Å²) in [6, 6.07) is 0. The average Bonchev–Trinajstić information content (AvgIpc) is 2.04. The van der Waals surface area contributed by atoms with Gasteiger partial charge in [0.05, 0.1) is 12.0 Å². The maximum absolute atomic E-state index is 12.0. The van der Waals surface area contributed by atoms with Crippen molar-refractivity contribution in [2.24, 2.45) is 0 Å².